The molecule has 2 aromatic heterocycles. The van der Waals surface area contributed by atoms with E-state index in [0.29, 0.717) is 17.8 Å². The van der Waals surface area contributed by atoms with E-state index in [1.54, 1.807) is 6.92 Å². The van der Waals surface area contributed by atoms with E-state index in [4.69, 9.17) is 19.9 Å². The van der Waals surface area contributed by atoms with Crippen molar-refractivity contribution in [2.75, 3.05) is 12.3 Å². The van der Waals surface area contributed by atoms with Crippen molar-refractivity contribution < 1.29 is 28.5 Å². The van der Waals surface area contributed by atoms with Crippen LogP contribution < -0.4 is 5.73 Å². The SMILES string of the molecule is C[C@]1(COC(=O)OC23CC4CC(CC(C4)C2)C3)O[C@@H](n2cnc3c(N)nc(F)nc32)C[C@@H]1O. The lowest BCUT2D eigenvalue weighted by atomic mass is 9.54. The molecule has 4 aliphatic carbocycles. The maximum absolute atomic E-state index is 13.7. The minimum absolute atomic E-state index is 0.0756. The van der Waals surface area contributed by atoms with E-state index < -0.39 is 35.8 Å². The summed E-state index contributed by atoms with van der Waals surface area (Å²) in [5.74, 6) is 1.87. The highest BCUT2D eigenvalue weighted by atomic mass is 19.1. The Kier molecular flexibility index (Phi) is 4.61. The summed E-state index contributed by atoms with van der Waals surface area (Å²) in [7, 11) is 0. The number of nitrogens with zero attached hydrogens (tertiary/aromatic N) is 4. The first-order chi connectivity index (χ1) is 15.7. The van der Waals surface area contributed by atoms with E-state index in [9.17, 15) is 14.3 Å². The molecule has 5 aliphatic rings. The maximum atomic E-state index is 13.7. The van der Waals surface area contributed by atoms with Crippen molar-refractivity contribution in [3.63, 3.8) is 0 Å². The summed E-state index contributed by atoms with van der Waals surface area (Å²) < 4.78 is 32.6. The Hall–Kier alpha value is -2.53. The van der Waals surface area contributed by atoms with E-state index in [-0.39, 0.29) is 30.0 Å². The van der Waals surface area contributed by atoms with Crippen LogP contribution in [0.4, 0.5) is 15.0 Å². The van der Waals surface area contributed by atoms with Crippen molar-refractivity contribution in [3.8, 4) is 0 Å². The third-order valence-electron chi connectivity index (χ3n) is 8.02. The molecule has 11 heteroatoms. The van der Waals surface area contributed by atoms with E-state index in [2.05, 4.69) is 15.0 Å². The molecular weight excluding hydrogens is 433 g/mol. The second-order valence-electron chi connectivity index (χ2n) is 10.6. The molecule has 0 unspecified atom stereocenters. The first-order valence-electron chi connectivity index (χ1n) is 11.6. The number of anilines is 1. The number of carbonyl (C=O) groups excluding carboxylic acids is 1. The van der Waals surface area contributed by atoms with Gasteiger partial charge in [0.2, 0.25) is 0 Å². The van der Waals surface area contributed by atoms with Crippen molar-refractivity contribution in [1.29, 1.82) is 0 Å². The van der Waals surface area contributed by atoms with Gasteiger partial charge in [-0.3, -0.25) is 4.57 Å². The fourth-order valence-corrected chi connectivity index (χ4v) is 6.86. The number of halogens is 1. The number of carbonyl (C=O) groups is 1. The lowest BCUT2D eigenvalue weighted by Gasteiger charge is -2.55. The van der Waals surface area contributed by atoms with Gasteiger partial charge in [-0.25, -0.2) is 9.78 Å². The predicted molar refractivity (Wildman–Crippen MR) is 112 cm³/mol. The molecule has 5 fully saturated rings. The molecule has 33 heavy (non-hydrogen) atoms. The molecule has 0 aromatic carbocycles. The van der Waals surface area contributed by atoms with Gasteiger partial charge >= 0.3 is 12.2 Å². The number of aliphatic hydroxyl groups is 1. The van der Waals surface area contributed by atoms with Crippen LogP contribution in [0.3, 0.4) is 0 Å². The molecule has 0 radical (unpaired) electrons. The normalized spacial score (nSPS) is 39.3. The third-order valence-corrected chi connectivity index (χ3v) is 8.02. The number of rotatable bonds is 4. The standard InChI is InChI=1S/C22H28FN5O5/c1-21(9-31-20(30)33-22-6-11-2-12(7-22)4-13(3-11)8-22)14(29)5-15(32-21)28-10-25-16-17(24)26-19(23)27-18(16)28/h10-15,29H,2-9H2,1H3,(H2,24,26,27)/t11?,12?,13?,14-,15+,21+,22?/m0/s1. The molecule has 4 saturated carbocycles. The smallest absolute Gasteiger partial charge is 0.431 e. The predicted octanol–water partition coefficient (Wildman–Crippen LogP) is 2.71. The lowest BCUT2D eigenvalue weighted by molar-refractivity contribution is -0.158. The number of nitrogens with two attached hydrogens (primary N) is 1. The largest absolute Gasteiger partial charge is 0.508 e. The van der Waals surface area contributed by atoms with Crippen LogP contribution in [0, 0.1) is 23.8 Å². The number of fused-ring (bicyclic) bond motifs is 1. The number of aliphatic hydroxyl groups excluding tert-OH is 1. The first-order valence-corrected chi connectivity index (χ1v) is 11.6. The molecule has 4 bridgehead atoms. The van der Waals surface area contributed by atoms with Gasteiger partial charge in [0.25, 0.3) is 0 Å². The van der Waals surface area contributed by atoms with Gasteiger partial charge in [0, 0.05) is 6.42 Å². The van der Waals surface area contributed by atoms with Crippen molar-refractivity contribution >= 4 is 23.1 Å². The van der Waals surface area contributed by atoms with E-state index in [1.807, 2.05) is 0 Å². The van der Waals surface area contributed by atoms with Gasteiger partial charge in [0.05, 0.1) is 12.4 Å². The van der Waals surface area contributed by atoms with Gasteiger partial charge in [-0.1, -0.05) is 0 Å². The van der Waals surface area contributed by atoms with E-state index in [1.165, 1.54) is 30.2 Å². The van der Waals surface area contributed by atoms with Gasteiger partial charge < -0.3 is 25.1 Å². The van der Waals surface area contributed by atoms with Gasteiger partial charge in [0.1, 0.15) is 24.0 Å². The van der Waals surface area contributed by atoms with Crippen molar-refractivity contribution in [3.05, 3.63) is 12.4 Å². The second kappa shape index (κ2) is 7.23. The molecular formula is C22H28FN5O5. The minimum atomic E-state index is -1.17. The van der Waals surface area contributed by atoms with Gasteiger partial charge in [0.15, 0.2) is 17.0 Å². The molecule has 3 heterocycles. The Morgan fingerprint density at radius 2 is 1.91 bits per heavy atom. The number of ether oxygens (including phenoxy) is 3. The summed E-state index contributed by atoms with van der Waals surface area (Å²) in [5, 5.41) is 10.7. The fraction of sp³-hybridized carbons (Fsp3) is 0.727. The van der Waals surface area contributed by atoms with Crippen LogP contribution in [0.25, 0.3) is 11.2 Å². The first kappa shape index (κ1) is 21.0. The Morgan fingerprint density at radius 3 is 2.58 bits per heavy atom. The van der Waals surface area contributed by atoms with Crippen LogP contribution in [0.15, 0.2) is 6.33 Å². The highest BCUT2D eigenvalue weighted by Gasteiger charge is 2.54. The molecule has 0 amide bonds. The number of hydrogen-bond donors (Lipinski definition) is 2. The highest BCUT2D eigenvalue weighted by Crippen LogP contribution is 2.57. The van der Waals surface area contributed by atoms with Gasteiger partial charge in [-0.15, -0.1) is 0 Å². The quantitative estimate of drug-likeness (QED) is 0.520. The Morgan fingerprint density at radius 1 is 1.24 bits per heavy atom. The van der Waals surface area contributed by atoms with E-state index in [0.717, 1.165) is 19.3 Å². The summed E-state index contributed by atoms with van der Waals surface area (Å²) >= 11 is 0. The van der Waals surface area contributed by atoms with Gasteiger partial charge in [-0.2, -0.15) is 14.4 Å². The summed E-state index contributed by atoms with van der Waals surface area (Å²) in [6, 6.07) is 0. The minimum Gasteiger partial charge on any atom is -0.431 e. The average molecular weight is 461 g/mol. The second-order valence-corrected chi connectivity index (χ2v) is 10.6. The maximum Gasteiger partial charge on any atom is 0.508 e. The fourth-order valence-electron chi connectivity index (χ4n) is 6.86. The molecule has 10 nitrogen and oxygen atoms in total. The summed E-state index contributed by atoms with van der Waals surface area (Å²) in [5.41, 5.74) is 4.58. The number of imidazole rings is 1. The molecule has 0 spiro atoms. The number of hydrogen-bond acceptors (Lipinski definition) is 9. The van der Waals surface area contributed by atoms with Crippen LogP contribution in [-0.2, 0) is 14.2 Å². The topological polar surface area (TPSA) is 135 Å². The Balaban J connectivity index is 1.12. The number of aromatic nitrogens is 4. The molecule has 7 rings (SSSR count). The highest BCUT2D eigenvalue weighted by molar-refractivity contribution is 5.81. The van der Waals surface area contributed by atoms with E-state index >= 15 is 0 Å². The van der Waals surface area contributed by atoms with Crippen LogP contribution >= 0.6 is 0 Å². The van der Waals surface area contributed by atoms with Crippen molar-refractivity contribution in [1.82, 2.24) is 19.5 Å². The molecule has 2 aromatic rings. The summed E-state index contributed by atoms with van der Waals surface area (Å²) in [4.78, 5) is 24.0. The van der Waals surface area contributed by atoms with Crippen LogP contribution in [0.2, 0.25) is 0 Å². The summed E-state index contributed by atoms with van der Waals surface area (Å²) in [6.07, 6.45) is 4.80. The Bertz CT molecular complexity index is 1070. The molecule has 3 atom stereocenters. The van der Waals surface area contributed by atoms with Gasteiger partial charge in [-0.05, 0) is 63.2 Å². The van der Waals surface area contributed by atoms with Crippen LogP contribution in [-0.4, -0.2) is 54.7 Å². The molecule has 3 N–H and O–H groups in total. The monoisotopic (exact) mass is 461 g/mol. The molecule has 178 valence electrons. The molecule has 1 saturated heterocycles. The summed E-state index contributed by atoms with van der Waals surface area (Å²) in [6.45, 7) is 1.49. The van der Waals surface area contributed by atoms with Crippen molar-refractivity contribution in [2.24, 2.45) is 17.8 Å². The van der Waals surface area contributed by atoms with Crippen molar-refractivity contribution in [2.45, 2.75) is 75.4 Å². The third kappa shape index (κ3) is 3.52. The van der Waals surface area contributed by atoms with Crippen LogP contribution in [0.1, 0.15) is 58.1 Å². The average Bonchev–Trinajstić information content (AvgIpc) is 3.26. The number of nitrogen functional groups attached to an aromatic ring is 1. The Labute approximate surface area is 189 Å². The zero-order valence-corrected chi connectivity index (χ0v) is 18.4. The zero-order valence-electron chi connectivity index (χ0n) is 18.4. The lowest BCUT2D eigenvalue weighted by Crippen LogP contribution is -2.53. The van der Waals surface area contributed by atoms with Crippen LogP contribution in [0.5, 0.6) is 0 Å². The zero-order chi connectivity index (χ0) is 23.0. The molecule has 1 aliphatic heterocycles.